The van der Waals surface area contributed by atoms with E-state index in [2.05, 4.69) is 6.58 Å². The molecule has 0 rings (SSSR count). The summed E-state index contributed by atoms with van der Waals surface area (Å²) < 4.78 is 36.9. The molecule has 2 atom stereocenters. The highest BCUT2D eigenvalue weighted by atomic mass is 19.4. The molecule has 0 aromatic carbocycles. The minimum absolute atomic E-state index is 0.0913. The summed E-state index contributed by atoms with van der Waals surface area (Å²) in [7, 11) is 0. The van der Waals surface area contributed by atoms with Crippen LogP contribution in [0.2, 0.25) is 0 Å². The average molecular weight is 209 g/mol. The first-order valence-corrected chi connectivity index (χ1v) is 4.76. The van der Waals surface area contributed by atoms with E-state index in [1.165, 1.54) is 0 Å². The van der Waals surface area contributed by atoms with Crippen LogP contribution in [0, 0.1) is 5.92 Å². The Hall–Kier alpha value is -0.510. The number of alkyl halides is 3. The van der Waals surface area contributed by atoms with Gasteiger partial charge in [-0.05, 0) is 26.2 Å². The molecule has 0 aromatic rings. The van der Waals surface area contributed by atoms with Crippen LogP contribution in [0.3, 0.4) is 0 Å². The molecular formula is C10H18F3N. The normalized spacial score (nSPS) is 16.4. The molecule has 0 aliphatic rings. The van der Waals surface area contributed by atoms with E-state index in [1.54, 1.807) is 13.8 Å². The van der Waals surface area contributed by atoms with Crippen molar-refractivity contribution in [3.05, 3.63) is 12.2 Å². The van der Waals surface area contributed by atoms with Crippen molar-refractivity contribution >= 4 is 0 Å². The molecule has 0 heterocycles. The van der Waals surface area contributed by atoms with Gasteiger partial charge in [0.25, 0.3) is 0 Å². The second-order valence-electron chi connectivity index (χ2n) is 3.68. The van der Waals surface area contributed by atoms with Gasteiger partial charge in [0, 0.05) is 6.04 Å². The lowest BCUT2D eigenvalue weighted by atomic mass is 9.95. The van der Waals surface area contributed by atoms with Gasteiger partial charge in [0.05, 0.1) is 5.92 Å². The van der Waals surface area contributed by atoms with Gasteiger partial charge >= 0.3 is 6.18 Å². The summed E-state index contributed by atoms with van der Waals surface area (Å²) in [5.41, 5.74) is 6.33. The predicted octanol–water partition coefficient (Wildman–Crippen LogP) is 3.26. The third-order valence-corrected chi connectivity index (χ3v) is 2.41. The molecule has 0 saturated heterocycles. The van der Waals surface area contributed by atoms with E-state index < -0.39 is 12.1 Å². The zero-order valence-corrected chi connectivity index (χ0v) is 8.69. The molecule has 1 nitrogen and oxygen atoms in total. The number of hydrogen-bond donors (Lipinski definition) is 1. The van der Waals surface area contributed by atoms with Gasteiger partial charge < -0.3 is 5.73 Å². The molecule has 0 fully saturated rings. The summed E-state index contributed by atoms with van der Waals surface area (Å²) in [4.78, 5) is 0. The van der Waals surface area contributed by atoms with Crippen molar-refractivity contribution in [3.8, 4) is 0 Å². The number of nitrogens with two attached hydrogens (primary N) is 1. The van der Waals surface area contributed by atoms with Crippen molar-refractivity contribution < 1.29 is 13.2 Å². The maximum absolute atomic E-state index is 12.3. The summed E-state index contributed by atoms with van der Waals surface area (Å²) in [6.07, 6.45) is -3.53. The lowest BCUT2D eigenvalue weighted by molar-refractivity contribution is -0.177. The Balaban J connectivity index is 4.03. The van der Waals surface area contributed by atoms with Crippen molar-refractivity contribution in [2.24, 2.45) is 11.7 Å². The summed E-state index contributed by atoms with van der Waals surface area (Å²) in [6, 6.07) is -0.314. The van der Waals surface area contributed by atoms with E-state index in [0.717, 1.165) is 5.57 Å². The Bertz CT molecular complexity index is 186. The third-order valence-electron chi connectivity index (χ3n) is 2.41. The summed E-state index contributed by atoms with van der Waals surface area (Å²) in [5.74, 6) is -1.23. The smallest absolute Gasteiger partial charge is 0.324 e. The predicted molar refractivity (Wildman–Crippen MR) is 51.9 cm³/mol. The van der Waals surface area contributed by atoms with E-state index in [4.69, 9.17) is 5.73 Å². The highest BCUT2D eigenvalue weighted by Crippen LogP contribution is 2.32. The lowest BCUT2D eigenvalue weighted by Crippen LogP contribution is -2.27. The van der Waals surface area contributed by atoms with Crippen molar-refractivity contribution in [2.45, 2.75) is 45.3 Å². The molecule has 0 bridgehead atoms. The molecule has 84 valence electrons. The van der Waals surface area contributed by atoms with Crippen molar-refractivity contribution in [2.75, 3.05) is 0 Å². The molecule has 0 aliphatic carbocycles. The molecular weight excluding hydrogens is 191 g/mol. The fourth-order valence-corrected chi connectivity index (χ4v) is 1.23. The molecule has 2 N–H and O–H groups in total. The summed E-state index contributed by atoms with van der Waals surface area (Å²) in [6.45, 7) is 6.90. The van der Waals surface area contributed by atoms with Crippen molar-refractivity contribution in [1.82, 2.24) is 0 Å². The van der Waals surface area contributed by atoms with E-state index in [1.807, 2.05) is 0 Å². The Morgan fingerprint density at radius 3 is 2.14 bits per heavy atom. The Labute approximate surface area is 83.2 Å². The van der Waals surface area contributed by atoms with E-state index >= 15 is 0 Å². The van der Waals surface area contributed by atoms with Gasteiger partial charge in [-0.3, -0.25) is 0 Å². The van der Waals surface area contributed by atoms with Gasteiger partial charge in [0.15, 0.2) is 0 Å². The fourth-order valence-electron chi connectivity index (χ4n) is 1.23. The second-order valence-corrected chi connectivity index (χ2v) is 3.68. The van der Waals surface area contributed by atoms with Gasteiger partial charge in [-0.15, -0.1) is 0 Å². The van der Waals surface area contributed by atoms with Gasteiger partial charge in [-0.2, -0.15) is 13.2 Å². The highest BCUT2D eigenvalue weighted by molar-refractivity contribution is 4.99. The molecule has 2 unspecified atom stereocenters. The summed E-state index contributed by atoms with van der Waals surface area (Å²) >= 11 is 0. The lowest BCUT2D eigenvalue weighted by Gasteiger charge is -2.20. The van der Waals surface area contributed by atoms with E-state index in [0.29, 0.717) is 6.42 Å². The molecule has 0 aromatic heterocycles. The SMILES string of the molecule is C=C(C)C(N)CCC(CC)C(F)(F)F. The van der Waals surface area contributed by atoms with Crippen molar-refractivity contribution in [1.29, 1.82) is 0 Å². The van der Waals surface area contributed by atoms with E-state index in [-0.39, 0.29) is 18.9 Å². The van der Waals surface area contributed by atoms with Gasteiger partial charge in [0.2, 0.25) is 0 Å². The Morgan fingerprint density at radius 2 is 1.86 bits per heavy atom. The number of hydrogen-bond acceptors (Lipinski definition) is 1. The molecule has 0 aliphatic heterocycles. The van der Waals surface area contributed by atoms with Crippen molar-refractivity contribution in [3.63, 3.8) is 0 Å². The van der Waals surface area contributed by atoms with Gasteiger partial charge in [0.1, 0.15) is 0 Å². The maximum atomic E-state index is 12.3. The Morgan fingerprint density at radius 1 is 1.36 bits per heavy atom. The second kappa shape index (κ2) is 5.39. The first kappa shape index (κ1) is 13.5. The fraction of sp³-hybridized carbons (Fsp3) is 0.800. The molecule has 0 amide bonds. The summed E-state index contributed by atoms with van der Waals surface area (Å²) in [5, 5.41) is 0. The third kappa shape index (κ3) is 4.65. The van der Waals surface area contributed by atoms with Crippen LogP contribution in [0.4, 0.5) is 13.2 Å². The first-order valence-electron chi connectivity index (χ1n) is 4.76. The number of halogens is 3. The minimum Gasteiger partial charge on any atom is -0.324 e. The number of rotatable bonds is 5. The molecule has 4 heteroatoms. The van der Waals surface area contributed by atoms with Crippen LogP contribution >= 0.6 is 0 Å². The van der Waals surface area contributed by atoms with Crippen LogP contribution < -0.4 is 5.73 Å². The van der Waals surface area contributed by atoms with Crippen LogP contribution in [0.15, 0.2) is 12.2 Å². The quantitative estimate of drug-likeness (QED) is 0.691. The first-order chi connectivity index (χ1) is 6.29. The van der Waals surface area contributed by atoms with E-state index in [9.17, 15) is 13.2 Å². The molecule has 14 heavy (non-hydrogen) atoms. The minimum atomic E-state index is -4.09. The molecule has 0 spiro atoms. The Kier molecular flexibility index (Phi) is 5.19. The standard InChI is InChI=1S/C10H18F3N/c1-4-8(10(11,12)13)5-6-9(14)7(2)3/h8-9H,2,4-6,14H2,1,3H3. The monoisotopic (exact) mass is 209 g/mol. The zero-order chi connectivity index (χ0) is 11.4. The topological polar surface area (TPSA) is 26.0 Å². The van der Waals surface area contributed by atoms with Crippen LogP contribution in [-0.2, 0) is 0 Å². The van der Waals surface area contributed by atoms with Gasteiger partial charge in [-0.1, -0.05) is 19.1 Å². The van der Waals surface area contributed by atoms with Crippen LogP contribution in [0.5, 0.6) is 0 Å². The zero-order valence-electron chi connectivity index (χ0n) is 8.69. The largest absolute Gasteiger partial charge is 0.391 e. The highest BCUT2D eigenvalue weighted by Gasteiger charge is 2.37. The van der Waals surface area contributed by atoms with Crippen LogP contribution in [0.1, 0.15) is 33.1 Å². The van der Waals surface area contributed by atoms with Gasteiger partial charge in [-0.25, -0.2) is 0 Å². The average Bonchev–Trinajstić information content (AvgIpc) is 2.02. The maximum Gasteiger partial charge on any atom is 0.391 e. The molecule has 0 saturated carbocycles. The molecule has 0 radical (unpaired) electrons. The van der Waals surface area contributed by atoms with Crippen LogP contribution in [-0.4, -0.2) is 12.2 Å². The van der Waals surface area contributed by atoms with Crippen LogP contribution in [0.25, 0.3) is 0 Å².